The number of anilines is 1. The standard InChI is InChI=1S/C16H19NO2S2/c1-21(18,19)16-9-7-15(8-10-16)20-11-3-5-13-4-2-6-14(17)12-13/h2,4,6-10,12H,3,5,11,17H2,1H3. The third-order valence-electron chi connectivity index (χ3n) is 3.08. The van der Waals surface area contributed by atoms with Gasteiger partial charge in [-0.3, -0.25) is 0 Å². The number of sulfone groups is 1. The molecule has 112 valence electrons. The Hall–Kier alpha value is -1.46. The molecule has 0 fully saturated rings. The van der Waals surface area contributed by atoms with Crippen LogP contribution in [0.2, 0.25) is 0 Å². The molecule has 2 N–H and O–H groups in total. The fourth-order valence-electron chi connectivity index (χ4n) is 2.00. The molecule has 5 heteroatoms. The van der Waals surface area contributed by atoms with Crippen LogP contribution in [0, 0.1) is 0 Å². The first-order chi connectivity index (χ1) is 9.95. The Balaban J connectivity index is 1.81. The molecule has 0 amide bonds. The van der Waals surface area contributed by atoms with E-state index in [1.54, 1.807) is 23.9 Å². The van der Waals surface area contributed by atoms with Crippen LogP contribution < -0.4 is 5.73 Å². The Labute approximate surface area is 130 Å². The number of thioether (sulfide) groups is 1. The summed E-state index contributed by atoms with van der Waals surface area (Å²) in [6.07, 6.45) is 3.28. The Kier molecular flexibility index (Phi) is 5.31. The number of hydrogen-bond donors (Lipinski definition) is 1. The second kappa shape index (κ2) is 7.00. The molecular formula is C16H19NO2S2. The van der Waals surface area contributed by atoms with E-state index >= 15 is 0 Å². The Morgan fingerprint density at radius 3 is 2.43 bits per heavy atom. The smallest absolute Gasteiger partial charge is 0.175 e. The van der Waals surface area contributed by atoms with Crippen LogP contribution in [0.25, 0.3) is 0 Å². The predicted molar refractivity (Wildman–Crippen MR) is 89.5 cm³/mol. The molecule has 2 rings (SSSR count). The maximum Gasteiger partial charge on any atom is 0.175 e. The normalized spacial score (nSPS) is 11.5. The summed E-state index contributed by atoms with van der Waals surface area (Å²) in [5.41, 5.74) is 7.80. The number of nitrogens with two attached hydrogens (primary N) is 1. The lowest BCUT2D eigenvalue weighted by molar-refractivity contribution is 0.602. The minimum Gasteiger partial charge on any atom is -0.399 e. The number of aryl methyl sites for hydroxylation is 1. The molecule has 0 heterocycles. The van der Waals surface area contributed by atoms with Gasteiger partial charge < -0.3 is 5.73 Å². The first kappa shape index (κ1) is 15.9. The third kappa shape index (κ3) is 5.10. The molecule has 0 spiro atoms. The van der Waals surface area contributed by atoms with Crippen LogP contribution >= 0.6 is 11.8 Å². The highest BCUT2D eigenvalue weighted by Crippen LogP contribution is 2.21. The molecule has 2 aromatic carbocycles. The molecule has 0 aliphatic carbocycles. The van der Waals surface area contributed by atoms with Gasteiger partial charge in [0.05, 0.1) is 4.90 Å². The molecule has 0 aromatic heterocycles. The molecule has 0 radical (unpaired) electrons. The molecule has 21 heavy (non-hydrogen) atoms. The van der Waals surface area contributed by atoms with E-state index in [-0.39, 0.29) is 0 Å². The van der Waals surface area contributed by atoms with Gasteiger partial charge in [0, 0.05) is 16.8 Å². The van der Waals surface area contributed by atoms with Crippen molar-refractivity contribution in [2.75, 3.05) is 17.7 Å². The average molecular weight is 321 g/mol. The van der Waals surface area contributed by atoms with Gasteiger partial charge in [-0.05, 0) is 60.6 Å². The van der Waals surface area contributed by atoms with Gasteiger partial charge in [-0.15, -0.1) is 11.8 Å². The fraction of sp³-hybridized carbons (Fsp3) is 0.250. The van der Waals surface area contributed by atoms with Crippen LogP contribution in [0.5, 0.6) is 0 Å². The lowest BCUT2D eigenvalue weighted by atomic mass is 10.1. The predicted octanol–water partition coefficient (Wildman–Crippen LogP) is 3.40. The average Bonchev–Trinajstić information content (AvgIpc) is 2.43. The summed E-state index contributed by atoms with van der Waals surface area (Å²) in [7, 11) is -3.11. The first-order valence-corrected chi connectivity index (χ1v) is 9.60. The third-order valence-corrected chi connectivity index (χ3v) is 5.31. The zero-order valence-electron chi connectivity index (χ0n) is 12.0. The quantitative estimate of drug-likeness (QED) is 0.503. The lowest BCUT2D eigenvalue weighted by Crippen LogP contribution is -1.96. The maximum absolute atomic E-state index is 11.4. The van der Waals surface area contributed by atoms with E-state index < -0.39 is 9.84 Å². The second-order valence-corrected chi connectivity index (χ2v) is 8.12. The van der Waals surface area contributed by atoms with E-state index in [1.807, 2.05) is 30.3 Å². The van der Waals surface area contributed by atoms with Gasteiger partial charge in [-0.2, -0.15) is 0 Å². The monoisotopic (exact) mass is 321 g/mol. The Morgan fingerprint density at radius 2 is 1.81 bits per heavy atom. The first-order valence-electron chi connectivity index (χ1n) is 6.72. The summed E-state index contributed by atoms with van der Waals surface area (Å²) in [6, 6.07) is 15.0. The molecule has 0 saturated carbocycles. The van der Waals surface area contributed by atoms with Crippen LogP contribution in [0.4, 0.5) is 5.69 Å². The van der Waals surface area contributed by atoms with Gasteiger partial charge in [-0.1, -0.05) is 12.1 Å². The van der Waals surface area contributed by atoms with Gasteiger partial charge in [0.25, 0.3) is 0 Å². The molecular weight excluding hydrogens is 302 g/mol. The largest absolute Gasteiger partial charge is 0.399 e. The van der Waals surface area contributed by atoms with Gasteiger partial charge in [0.2, 0.25) is 0 Å². The second-order valence-electron chi connectivity index (χ2n) is 4.94. The van der Waals surface area contributed by atoms with Gasteiger partial charge in [0.1, 0.15) is 0 Å². The zero-order valence-corrected chi connectivity index (χ0v) is 13.6. The topological polar surface area (TPSA) is 60.2 Å². The minimum absolute atomic E-state index is 0.367. The van der Waals surface area contributed by atoms with Crippen molar-refractivity contribution >= 4 is 27.3 Å². The highest BCUT2D eigenvalue weighted by atomic mass is 32.2. The van der Waals surface area contributed by atoms with E-state index in [9.17, 15) is 8.42 Å². The van der Waals surface area contributed by atoms with Crippen molar-refractivity contribution in [2.24, 2.45) is 0 Å². The summed E-state index contributed by atoms with van der Waals surface area (Å²) in [5, 5.41) is 0. The zero-order chi connectivity index (χ0) is 15.3. The minimum atomic E-state index is -3.11. The highest BCUT2D eigenvalue weighted by Gasteiger charge is 2.06. The van der Waals surface area contributed by atoms with Gasteiger partial charge >= 0.3 is 0 Å². The Morgan fingerprint density at radius 1 is 1.10 bits per heavy atom. The summed E-state index contributed by atoms with van der Waals surface area (Å²) in [4.78, 5) is 1.46. The van der Waals surface area contributed by atoms with E-state index in [2.05, 4.69) is 6.07 Å². The molecule has 3 nitrogen and oxygen atoms in total. The van der Waals surface area contributed by atoms with Crippen molar-refractivity contribution in [3.8, 4) is 0 Å². The lowest BCUT2D eigenvalue weighted by Gasteiger charge is -2.04. The summed E-state index contributed by atoms with van der Waals surface area (Å²) >= 11 is 1.74. The van der Waals surface area contributed by atoms with E-state index in [0.29, 0.717) is 4.90 Å². The number of nitrogen functional groups attached to an aromatic ring is 1. The molecule has 2 aromatic rings. The summed E-state index contributed by atoms with van der Waals surface area (Å²) in [6.45, 7) is 0. The van der Waals surface area contributed by atoms with Gasteiger partial charge in [0.15, 0.2) is 9.84 Å². The molecule has 0 aliphatic rings. The fourth-order valence-corrected chi connectivity index (χ4v) is 3.48. The van der Waals surface area contributed by atoms with E-state index in [4.69, 9.17) is 5.73 Å². The molecule has 0 atom stereocenters. The van der Waals surface area contributed by atoms with Crippen LogP contribution in [0.1, 0.15) is 12.0 Å². The SMILES string of the molecule is CS(=O)(=O)c1ccc(SCCCc2cccc(N)c2)cc1. The molecule has 0 aliphatic heterocycles. The summed E-state index contributed by atoms with van der Waals surface area (Å²) in [5.74, 6) is 0.993. The van der Waals surface area contributed by atoms with Crippen molar-refractivity contribution in [1.29, 1.82) is 0 Å². The summed E-state index contributed by atoms with van der Waals surface area (Å²) < 4.78 is 22.7. The highest BCUT2D eigenvalue weighted by molar-refractivity contribution is 7.99. The van der Waals surface area contributed by atoms with Crippen molar-refractivity contribution in [1.82, 2.24) is 0 Å². The molecule has 0 unspecified atom stereocenters. The number of hydrogen-bond acceptors (Lipinski definition) is 4. The van der Waals surface area contributed by atoms with E-state index in [0.717, 1.165) is 29.2 Å². The van der Waals surface area contributed by atoms with E-state index in [1.165, 1.54) is 11.8 Å². The van der Waals surface area contributed by atoms with Crippen LogP contribution in [-0.4, -0.2) is 20.4 Å². The Bertz CT molecular complexity index is 694. The molecule has 0 saturated heterocycles. The van der Waals surface area contributed by atoms with Crippen molar-refractivity contribution in [2.45, 2.75) is 22.6 Å². The van der Waals surface area contributed by atoms with Crippen molar-refractivity contribution < 1.29 is 8.42 Å². The van der Waals surface area contributed by atoms with Crippen LogP contribution in [0.3, 0.4) is 0 Å². The number of benzene rings is 2. The molecule has 0 bridgehead atoms. The van der Waals surface area contributed by atoms with Crippen molar-refractivity contribution in [3.63, 3.8) is 0 Å². The van der Waals surface area contributed by atoms with Crippen LogP contribution in [-0.2, 0) is 16.3 Å². The van der Waals surface area contributed by atoms with Crippen molar-refractivity contribution in [3.05, 3.63) is 54.1 Å². The number of rotatable bonds is 6. The van der Waals surface area contributed by atoms with Crippen LogP contribution in [0.15, 0.2) is 58.3 Å². The van der Waals surface area contributed by atoms with Gasteiger partial charge in [-0.25, -0.2) is 8.42 Å². The maximum atomic E-state index is 11.4.